The van der Waals surface area contributed by atoms with E-state index < -0.39 is 0 Å². The van der Waals surface area contributed by atoms with Gasteiger partial charge in [-0.25, -0.2) is 0 Å². The number of rotatable bonds is 7. The Bertz CT molecular complexity index is 745. The fourth-order valence-electron chi connectivity index (χ4n) is 3.64. The standard InChI is InChI=1S/C23H31N3O/c1-4-25(5-2)21-13-10-20(11-14-21)24-18-19-9-12-22(17-23(19)27-3)26-15-7-6-8-16-26/h9-14,17-18H,4-8,15-16H2,1-3H3. The summed E-state index contributed by atoms with van der Waals surface area (Å²) >= 11 is 0. The quantitative estimate of drug-likeness (QED) is 0.625. The predicted molar refractivity (Wildman–Crippen MR) is 116 cm³/mol. The van der Waals surface area contributed by atoms with E-state index in [2.05, 4.69) is 71.1 Å². The highest BCUT2D eigenvalue weighted by Gasteiger charge is 2.12. The number of hydrogen-bond acceptors (Lipinski definition) is 4. The summed E-state index contributed by atoms with van der Waals surface area (Å²) in [4.78, 5) is 9.41. The van der Waals surface area contributed by atoms with E-state index in [0.717, 1.165) is 43.2 Å². The van der Waals surface area contributed by atoms with Crippen molar-refractivity contribution < 1.29 is 4.74 Å². The van der Waals surface area contributed by atoms with Crippen molar-refractivity contribution in [2.45, 2.75) is 33.1 Å². The summed E-state index contributed by atoms with van der Waals surface area (Å²) in [7, 11) is 1.73. The fourth-order valence-corrected chi connectivity index (χ4v) is 3.64. The van der Waals surface area contributed by atoms with Crippen LogP contribution in [0.3, 0.4) is 0 Å². The molecule has 1 heterocycles. The number of hydrogen-bond donors (Lipinski definition) is 0. The molecule has 0 atom stereocenters. The molecule has 0 bridgehead atoms. The topological polar surface area (TPSA) is 28.1 Å². The van der Waals surface area contributed by atoms with Crippen LogP contribution >= 0.6 is 0 Å². The maximum Gasteiger partial charge on any atom is 0.129 e. The summed E-state index contributed by atoms with van der Waals surface area (Å²) < 4.78 is 5.62. The van der Waals surface area contributed by atoms with E-state index in [1.54, 1.807) is 7.11 Å². The molecule has 0 spiro atoms. The minimum Gasteiger partial charge on any atom is -0.496 e. The number of ether oxygens (including phenoxy) is 1. The second kappa shape index (κ2) is 9.45. The van der Waals surface area contributed by atoms with Gasteiger partial charge in [0.15, 0.2) is 0 Å². The summed E-state index contributed by atoms with van der Waals surface area (Å²) in [5.74, 6) is 0.876. The highest BCUT2D eigenvalue weighted by Crippen LogP contribution is 2.27. The summed E-state index contributed by atoms with van der Waals surface area (Å²) in [6, 6.07) is 14.8. The Morgan fingerprint density at radius 3 is 2.33 bits per heavy atom. The van der Waals surface area contributed by atoms with Gasteiger partial charge in [-0.3, -0.25) is 4.99 Å². The fraction of sp³-hybridized carbons (Fsp3) is 0.435. The molecule has 0 radical (unpaired) electrons. The minimum atomic E-state index is 0.876. The smallest absolute Gasteiger partial charge is 0.129 e. The summed E-state index contributed by atoms with van der Waals surface area (Å²) in [6.07, 6.45) is 5.78. The van der Waals surface area contributed by atoms with E-state index in [1.807, 2.05) is 6.21 Å². The number of piperidine rings is 1. The predicted octanol–water partition coefficient (Wildman–Crippen LogP) is 5.28. The third-order valence-electron chi connectivity index (χ3n) is 5.27. The van der Waals surface area contributed by atoms with Gasteiger partial charge in [-0.15, -0.1) is 0 Å². The molecule has 27 heavy (non-hydrogen) atoms. The van der Waals surface area contributed by atoms with Gasteiger partial charge in [0.2, 0.25) is 0 Å². The van der Waals surface area contributed by atoms with Crippen LogP contribution < -0.4 is 14.5 Å². The van der Waals surface area contributed by atoms with Crippen LogP contribution in [0.25, 0.3) is 0 Å². The summed E-state index contributed by atoms with van der Waals surface area (Å²) in [5.41, 5.74) is 4.44. The largest absolute Gasteiger partial charge is 0.496 e. The molecule has 0 aromatic heterocycles. The molecule has 0 unspecified atom stereocenters. The maximum atomic E-state index is 5.62. The molecule has 4 heteroatoms. The highest BCUT2D eigenvalue weighted by molar-refractivity contribution is 5.86. The molecule has 4 nitrogen and oxygen atoms in total. The molecule has 0 aliphatic carbocycles. The van der Waals surface area contributed by atoms with E-state index in [-0.39, 0.29) is 0 Å². The normalized spacial score (nSPS) is 14.6. The molecule has 1 aliphatic rings. The van der Waals surface area contributed by atoms with Crippen molar-refractivity contribution in [3.05, 3.63) is 48.0 Å². The van der Waals surface area contributed by atoms with Crippen molar-refractivity contribution in [2.24, 2.45) is 4.99 Å². The van der Waals surface area contributed by atoms with E-state index >= 15 is 0 Å². The van der Waals surface area contributed by atoms with Gasteiger partial charge in [-0.05, 0) is 69.5 Å². The molecular weight excluding hydrogens is 334 g/mol. The van der Waals surface area contributed by atoms with Crippen molar-refractivity contribution in [1.29, 1.82) is 0 Å². The van der Waals surface area contributed by atoms with Crippen LogP contribution in [0.1, 0.15) is 38.7 Å². The molecule has 1 aliphatic heterocycles. The Morgan fingerprint density at radius 2 is 1.70 bits per heavy atom. The van der Waals surface area contributed by atoms with Crippen LogP contribution in [-0.2, 0) is 0 Å². The van der Waals surface area contributed by atoms with Crippen LogP contribution in [-0.4, -0.2) is 39.5 Å². The highest BCUT2D eigenvalue weighted by atomic mass is 16.5. The lowest BCUT2D eigenvalue weighted by molar-refractivity contribution is 0.414. The average molecular weight is 366 g/mol. The van der Waals surface area contributed by atoms with Crippen LogP contribution in [0.15, 0.2) is 47.5 Å². The minimum absolute atomic E-state index is 0.876. The third-order valence-corrected chi connectivity index (χ3v) is 5.27. The van der Waals surface area contributed by atoms with Crippen molar-refractivity contribution in [3.8, 4) is 5.75 Å². The Kier molecular flexibility index (Phi) is 6.74. The van der Waals surface area contributed by atoms with Crippen LogP contribution in [0.5, 0.6) is 5.75 Å². The first-order chi connectivity index (χ1) is 13.2. The van der Waals surface area contributed by atoms with Gasteiger partial charge in [0.05, 0.1) is 12.8 Å². The molecule has 0 N–H and O–H groups in total. The Hall–Kier alpha value is -2.49. The lowest BCUT2D eigenvalue weighted by atomic mass is 10.1. The average Bonchev–Trinajstić information content (AvgIpc) is 2.74. The molecule has 1 fully saturated rings. The molecular formula is C23H31N3O. The van der Waals surface area contributed by atoms with Crippen molar-refractivity contribution >= 4 is 23.3 Å². The number of aliphatic imine (C=N–C) groups is 1. The Morgan fingerprint density at radius 1 is 1.00 bits per heavy atom. The van der Waals surface area contributed by atoms with Crippen LogP contribution in [0.4, 0.5) is 17.1 Å². The van der Waals surface area contributed by atoms with E-state index in [9.17, 15) is 0 Å². The molecule has 2 aromatic rings. The molecule has 144 valence electrons. The van der Waals surface area contributed by atoms with Crippen LogP contribution in [0.2, 0.25) is 0 Å². The number of anilines is 2. The van der Waals surface area contributed by atoms with E-state index in [0.29, 0.717) is 0 Å². The zero-order chi connectivity index (χ0) is 19.1. The van der Waals surface area contributed by atoms with E-state index in [1.165, 1.54) is 30.6 Å². The van der Waals surface area contributed by atoms with Gasteiger partial charge in [0, 0.05) is 55.4 Å². The number of nitrogens with zero attached hydrogens (tertiary/aromatic N) is 3. The first kappa shape index (κ1) is 19.3. The van der Waals surface area contributed by atoms with Gasteiger partial charge in [0.1, 0.15) is 5.75 Å². The van der Waals surface area contributed by atoms with Crippen molar-refractivity contribution in [3.63, 3.8) is 0 Å². The lowest BCUT2D eigenvalue weighted by Crippen LogP contribution is -2.29. The van der Waals surface area contributed by atoms with Gasteiger partial charge >= 0.3 is 0 Å². The molecule has 2 aromatic carbocycles. The van der Waals surface area contributed by atoms with Crippen molar-refractivity contribution in [2.75, 3.05) is 43.1 Å². The molecule has 1 saturated heterocycles. The zero-order valence-electron chi connectivity index (χ0n) is 16.8. The van der Waals surface area contributed by atoms with Crippen LogP contribution in [0, 0.1) is 0 Å². The zero-order valence-corrected chi connectivity index (χ0v) is 16.8. The first-order valence-electron chi connectivity index (χ1n) is 10.1. The second-order valence-electron chi connectivity index (χ2n) is 6.92. The molecule has 0 saturated carbocycles. The third kappa shape index (κ3) is 4.82. The molecule has 3 rings (SSSR count). The van der Waals surface area contributed by atoms with Gasteiger partial charge in [-0.1, -0.05) is 0 Å². The van der Waals surface area contributed by atoms with Gasteiger partial charge in [0.25, 0.3) is 0 Å². The Balaban J connectivity index is 1.74. The first-order valence-corrected chi connectivity index (χ1v) is 10.1. The van der Waals surface area contributed by atoms with Crippen molar-refractivity contribution in [1.82, 2.24) is 0 Å². The Labute approximate surface area is 163 Å². The van der Waals surface area contributed by atoms with Gasteiger partial charge < -0.3 is 14.5 Å². The monoisotopic (exact) mass is 365 g/mol. The number of methoxy groups -OCH3 is 1. The molecule has 0 amide bonds. The van der Waals surface area contributed by atoms with Gasteiger partial charge in [-0.2, -0.15) is 0 Å². The lowest BCUT2D eigenvalue weighted by Gasteiger charge is -2.29. The second-order valence-corrected chi connectivity index (χ2v) is 6.92. The summed E-state index contributed by atoms with van der Waals surface area (Å²) in [6.45, 7) is 8.65. The van der Waals surface area contributed by atoms with E-state index in [4.69, 9.17) is 4.74 Å². The number of benzene rings is 2. The SMILES string of the molecule is CCN(CC)c1ccc(N=Cc2ccc(N3CCCCC3)cc2OC)cc1. The maximum absolute atomic E-state index is 5.62. The summed E-state index contributed by atoms with van der Waals surface area (Å²) in [5, 5.41) is 0.